The fraction of sp³-hybridized carbons (Fsp3) is 0.438. The molecule has 112 valence electrons. The third-order valence-electron chi connectivity index (χ3n) is 3.85. The van der Waals surface area contributed by atoms with Gasteiger partial charge in [-0.2, -0.15) is 0 Å². The molecule has 1 aliphatic rings. The second-order valence-corrected chi connectivity index (χ2v) is 5.33. The average molecular weight is 290 g/mol. The van der Waals surface area contributed by atoms with Crippen molar-refractivity contribution < 1.29 is 19.4 Å². The molecule has 0 radical (unpaired) electrons. The van der Waals surface area contributed by atoms with E-state index in [1.54, 1.807) is 18.2 Å². The van der Waals surface area contributed by atoms with Crippen LogP contribution in [-0.2, 0) is 12.8 Å². The van der Waals surface area contributed by atoms with E-state index in [1.807, 2.05) is 0 Å². The van der Waals surface area contributed by atoms with Gasteiger partial charge in [-0.15, -0.1) is 0 Å². The first-order valence-corrected chi connectivity index (χ1v) is 7.20. The molecule has 1 atom stereocenters. The van der Waals surface area contributed by atoms with E-state index in [-0.39, 0.29) is 18.8 Å². The Morgan fingerprint density at radius 3 is 2.76 bits per heavy atom. The summed E-state index contributed by atoms with van der Waals surface area (Å²) in [4.78, 5) is 12.0. The average Bonchev–Trinajstić information content (AvgIpc) is 2.52. The minimum Gasteiger partial charge on any atom is -0.490 e. The molecule has 0 spiro atoms. The topological polar surface area (TPSA) is 79.9 Å². The summed E-state index contributed by atoms with van der Waals surface area (Å²) in [5, 5.41) is 19.1. The highest BCUT2D eigenvalue weighted by atomic mass is 16.5. The number of rotatable bonds is 4. The number of fused-ring (bicyclic) bond motifs is 3. The molecule has 3 rings (SSSR count). The molecule has 0 saturated heterocycles. The lowest BCUT2D eigenvalue weighted by atomic mass is 9.90. The van der Waals surface area contributed by atoms with Crippen molar-refractivity contribution >= 4 is 11.0 Å². The van der Waals surface area contributed by atoms with Gasteiger partial charge in [0, 0.05) is 5.56 Å². The Labute approximate surface area is 121 Å². The second kappa shape index (κ2) is 5.87. The van der Waals surface area contributed by atoms with Crippen LogP contribution in [0.2, 0.25) is 0 Å². The second-order valence-electron chi connectivity index (χ2n) is 5.33. The summed E-state index contributed by atoms with van der Waals surface area (Å²) < 4.78 is 11.0. The van der Waals surface area contributed by atoms with Gasteiger partial charge >= 0.3 is 5.63 Å². The molecular formula is C16H18O5. The number of aliphatic hydroxyl groups excluding tert-OH is 2. The van der Waals surface area contributed by atoms with Crippen LogP contribution in [0.4, 0.5) is 0 Å². The molecule has 0 aliphatic heterocycles. The van der Waals surface area contributed by atoms with Crippen LogP contribution in [0.3, 0.4) is 0 Å². The Hall–Kier alpha value is -1.85. The maximum Gasteiger partial charge on any atom is 0.339 e. The molecular weight excluding hydrogens is 272 g/mol. The maximum atomic E-state index is 12.0. The lowest BCUT2D eigenvalue weighted by Gasteiger charge is -2.18. The van der Waals surface area contributed by atoms with Crippen LogP contribution in [0.1, 0.15) is 24.0 Å². The van der Waals surface area contributed by atoms with Crippen molar-refractivity contribution in [3.63, 3.8) is 0 Å². The van der Waals surface area contributed by atoms with Gasteiger partial charge in [0.05, 0.1) is 12.0 Å². The van der Waals surface area contributed by atoms with Gasteiger partial charge in [-0.05, 0) is 43.4 Å². The zero-order valence-electron chi connectivity index (χ0n) is 11.7. The predicted molar refractivity (Wildman–Crippen MR) is 77.7 cm³/mol. The van der Waals surface area contributed by atoms with Crippen molar-refractivity contribution in [2.45, 2.75) is 31.8 Å². The summed E-state index contributed by atoms with van der Waals surface area (Å²) in [6.45, 7) is -0.346. The van der Waals surface area contributed by atoms with Gasteiger partial charge in [-0.1, -0.05) is 6.07 Å². The van der Waals surface area contributed by atoms with Crippen LogP contribution in [0.25, 0.3) is 11.0 Å². The van der Waals surface area contributed by atoms with Gasteiger partial charge < -0.3 is 19.4 Å². The number of benzene rings is 1. The van der Waals surface area contributed by atoms with Crippen molar-refractivity contribution in [2.75, 3.05) is 13.2 Å². The molecule has 21 heavy (non-hydrogen) atoms. The summed E-state index contributed by atoms with van der Waals surface area (Å²) in [5.41, 5.74) is 2.00. The molecule has 0 bridgehead atoms. The van der Waals surface area contributed by atoms with Crippen LogP contribution < -0.4 is 10.4 Å². The quantitative estimate of drug-likeness (QED) is 0.832. The Bertz CT molecular complexity index is 704. The van der Waals surface area contributed by atoms with Crippen molar-refractivity contribution in [1.29, 1.82) is 0 Å². The number of hydrogen-bond donors (Lipinski definition) is 2. The minimum atomic E-state index is -0.924. The van der Waals surface area contributed by atoms with Gasteiger partial charge in [0.1, 0.15) is 24.0 Å². The normalized spacial score (nSPS) is 15.7. The van der Waals surface area contributed by atoms with Gasteiger partial charge in [-0.25, -0.2) is 4.79 Å². The predicted octanol–water partition coefficient (Wildman–Crippen LogP) is 1.40. The zero-order chi connectivity index (χ0) is 14.8. The third kappa shape index (κ3) is 2.66. The van der Waals surface area contributed by atoms with E-state index >= 15 is 0 Å². The third-order valence-corrected chi connectivity index (χ3v) is 3.85. The Morgan fingerprint density at radius 2 is 2.00 bits per heavy atom. The van der Waals surface area contributed by atoms with Gasteiger partial charge in [0.15, 0.2) is 0 Å². The van der Waals surface area contributed by atoms with Gasteiger partial charge in [0.2, 0.25) is 0 Å². The first kappa shape index (κ1) is 14.1. The molecule has 0 amide bonds. The fourth-order valence-corrected chi connectivity index (χ4v) is 2.82. The van der Waals surface area contributed by atoms with E-state index in [0.717, 1.165) is 42.2 Å². The molecule has 5 heteroatoms. The molecule has 1 aromatic heterocycles. The number of ether oxygens (including phenoxy) is 1. The molecule has 1 heterocycles. The molecule has 5 nitrogen and oxygen atoms in total. The summed E-state index contributed by atoms with van der Waals surface area (Å²) in [6.07, 6.45) is 2.68. The van der Waals surface area contributed by atoms with Gasteiger partial charge in [-0.3, -0.25) is 0 Å². The van der Waals surface area contributed by atoms with Crippen molar-refractivity contribution in [3.05, 3.63) is 39.7 Å². The highest BCUT2D eigenvalue weighted by Crippen LogP contribution is 2.33. The first-order valence-electron chi connectivity index (χ1n) is 7.20. The van der Waals surface area contributed by atoms with E-state index in [9.17, 15) is 9.90 Å². The SMILES string of the molecule is O=c1oc2cccc(OCC(O)CO)c2c2c1CCCC2. The van der Waals surface area contributed by atoms with Crippen LogP contribution in [-0.4, -0.2) is 29.5 Å². The highest BCUT2D eigenvalue weighted by molar-refractivity contribution is 5.87. The molecule has 1 unspecified atom stereocenters. The number of hydrogen-bond acceptors (Lipinski definition) is 5. The van der Waals surface area contributed by atoms with Crippen LogP contribution in [0.15, 0.2) is 27.4 Å². The Morgan fingerprint density at radius 1 is 1.24 bits per heavy atom. The Balaban J connectivity index is 2.10. The Kier molecular flexibility index (Phi) is 3.94. The van der Waals surface area contributed by atoms with E-state index in [1.165, 1.54) is 0 Å². The molecule has 2 aromatic rings. The summed E-state index contributed by atoms with van der Waals surface area (Å²) in [5.74, 6) is 0.585. The smallest absolute Gasteiger partial charge is 0.339 e. The lowest BCUT2D eigenvalue weighted by molar-refractivity contribution is 0.0540. The van der Waals surface area contributed by atoms with E-state index in [4.69, 9.17) is 14.3 Å². The van der Waals surface area contributed by atoms with Crippen molar-refractivity contribution in [3.8, 4) is 5.75 Å². The molecule has 0 fully saturated rings. The van der Waals surface area contributed by atoms with Crippen LogP contribution in [0, 0.1) is 0 Å². The zero-order valence-corrected chi connectivity index (χ0v) is 11.7. The number of aliphatic hydroxyl groups is 2. The van der Waals surface area contributed by atoms with Crippen molar-refractivity contribution in [2.24, 2.45) is 0 Å². The highest BCUT2D eigenvalue weighted by Gasteiger charge is 2.20. The van der Waals surface area contributed by atoms with E-state index in [0.29, 0.717) is 11.3 Å². The monoisotopic (exact) mass is 290 g/mol. The van der Waals surface area contributed by atoms with Crippen LogP contribution in [0.5, 0.6) is 5.75 Å². The first-order chi connectivity index (χ1) is 10.2. The fourth-order valence-electron chi connectivity index (χ4n) is 2.82. The molecule has 0 saturated carbocycles. The molecule has 1 aliphatic carbocycles. The van der Waals surface area contributed by atoms with E-state index in [2.05, 4.69) is 0 Å². The summed E-state index contributed by atoms with van der Waals surface area (Å²) in [6, 6.07) is 5.30. The van der Waals surface area contributed by atoms with Crippen LogP contribution >= 0.6 is 0 Å². The summed E-state index contributed by atoms with van der Waals surface area (Å²) >= 11 is 0. The molecule has 1 aromatic carbocycles. The van der Waals surface area contributed by atoms with Gasteiger partial charge in [0.25, 0.3) is 0 Å². The summed E-state index contributed by atoms with van der Waals surface area (Å²) in [7, 11) is 0. The lowest BCUT2D eigenvalue weighted by Crippen LogP contribution is -2.22. The van der Waals surface area contributed by atoms with E-state index < -0.39 is 6.10 Å². The number of aryl methyl sites for hydroxylation is 1. The largest absolute Gasteiger partial charge is 0.490 e. The maximum absolute atomic E-state index is 12.0. The van der Waals surface area contributed by atoms with Crippen molar-refractivity contribution in [1.82, 2.24) is 0 Å². The standard InChI is InChI=1S/C16H18O5/c17-8-10(18)9-20-13-6-3-7-14-15(13)11-4-1-2-5-12(11)16(19)21-14/h3,6-7,10,17-18H,1-2,4-5,8-9H2. The minimum absolute atomic E-state index is 0.00349. The molecule has 2 N–H and O–H groups in total.